The van der Waals surface area contributed by atoms with Crippen LogP contribution >= 0.6 is 0 Å². The molecule has 1 amide bonds. The number of nitrogen functional groups attached to an aromatic ring is 1. The Morgan fingerprint density at radius 2 is 1.97 bits per heavy atom. The van der Waals surface area contributed by atoms with Gasteiger partial charge in [-0.3, -0.25) is 9.59 Å². The second kappa shape index (κ2) is 8.77. The number of benzene rings is 1. The number of amides is 1. The van der Waals surface area contributed by atoms with E-state index in [9.17, 15) is 14.7 Å². The van der Waals surface area contributed by atoms with Gasteiger partial charge in [-0.25, -0.2) is 14.4 Å². The SMILES string of the molecule is CC(=O)c1c([C@@H]2C[C@H]3CC[C@@H](C2)N3C(=O)CO)nc2c(-c3ccc(-c4ncc[nH]4)c(F)c3)cnn2c1N. The Hall–Kier alpha value is -4.12. The maximum atomic E-state index is 15.0. The van der Waals surface area contributed by atoms with E-state index in [-0.39, 0.29) is 35.5 Å². The van der Waals surface area contributed by atoms with Gasteiger partial charge in [0.25, 0.3) is 0 Å². The highest BCUT2D eigenvalue weighted by atomic mass is 19.1. The molecule has 3 atom stereocenters. The first-order valence-electron chi connectivity index (χ1n) is 12.3. The lowest BCUT2D eigenvalue weighted by Gasteiger charge is -2.39. The smallest absolute Gasteiger partial charge is 0.248 e. The van der Waals surface area contributed by atoms with Crippen molar-refractivity contribution < 1.29 is 19.1 Å². The highest BCUT2D eigenvalue weighted by Crippen LogP contribution is 2.44. The van der Waals surface area contributed by atoms with Gasteiger partial charge in [-0.2, -0.15) is 9.61 Å². The fourth-order valence-corrected chi connectivity index (χ4v) is 6.07. The molecular formula is C26H26FN7O3. The Kier molecular flexibility index (Phi) is 5.52. The first-order chi connectivity index (χ1) is 17.9. The number of carbonyl (C=O) groups excluding carboxylic acids is 2. The summed E-state index contributed by atoms with van der Waals surface area (Å²) in [6.45, 7) is 0.941. The zero-order chi connectivity index (χ0) is 25.8. The van der Waals surface area contributed by atoms with E-state index >= 15 is 4.39 Å². The lowest BCUT2D eigenvalue weighted by Crippen LogP contribution is -2.47. The fourth-order valence-electron chi connectivity index (χ4n) is 6.07. The predicted octanol–water partition coefficient (Wildman–Crippen LogP) is 2.94. The topological polar surface area (TPSA) is 142 Å². The van der Waals surface area contributed by atoms with Gasteiger partial charge in [0, 0.05) is 36.0 Å². The van der Waals surface area contributed by atoms with Crippen molar-refractivity contribution >= 4 is 23.2 Å². The summed E-state index contributed by atoms with van der Waals surface area (Å²) in [5.41, 5.74) is 9.32. The second-order valence-corrected chi connectivity index (χ2v) is 9.75. The van der Waals surface area contributed by atoms with Gasteiger partial charge in [0.1, 0.15) is 24.1 Å². The summed E-state index contributed by atoms with van der Waals surface area (Å²) in [7, 11) is 0. The molecule has 6 rings (SSSR count). The molecular weight excluding hydrogens is 477 g/mol. The average Bonchev–Trinajstić information content (AvgIpc) is 3.61. The molecule has 0 radical (unpaired) electrons. The number of aromatic nitrogens is 5. The molecule has 37 heavy (non-hydrogen) atoms. The number of aromatic amines is 1. The molecule has 2 bridgehead atoms. The summed E-state index contributed by atoms with van der Waals surface area (Å²) < 4.78 is 16.4. The van der Waals surface area contributed by atoms with Crippen molar-refractivity contribution in [3.8, 4) is 22.5 Å². The monoisotopic (exact) mass is 503 g/mol. The number of anilines is 1. The number of halogens is 1. The fraction of sp³-hybridized carbons (Fsp3) is 0.346. The lowest BCUT2D eigenvalue weighted by molar-refractivity contribution is -0.138. The van der Waals surface area contributed by atoms with Crippen LogP contribution in [0.1, 0.15) is 54.6 Å². The Balaban J connectivity index is 1.44. The number of nitrogens with two attached hydrogens (primary N) is 1. The van der Waals surface area contributed by atoms with Crippen molar-refractivity contribution in [1.29, 1.82) is 0 Å². The van der Waals surface area contributed by atoms with Crippen LogP contribution in [0.5, 0.6) is 0 Å². The molecule has 0 spiro atoms. The number of hydrogen-bond acceptors (Lipinski definition) is 7. The first-order valence-corrected chi connectivity index (χ1v) is 12.3. The van der Waals surface area contributed by atoms with Crippen molar-refractivity contribution in [3.05, 3.63) is 53.9 Å². The molecule has 4 N–H and O–H groups in total. The van der Waals surface area contributed by atoms with Crippen LogP contribution in [-0.4, -0.2) is 65.0 Å². The Morgan fingerprint density at radius 1 is 1.22 bits per heavy atom. The van der Waals surface area contributed by atoms with Gasteiger partial charge in [0.2, 0.25) is 5.91 Å². The normalized spacial score (nSPS) is 21.1. The summed E-state index contributed by atoms with van der Waals surface area (Å²) >= 11 is 0. The molecule has 2 saturated heterocycles. The van der Waals surface area contributed by atoms with Crippen LogP contribution in [0.25, 0.3) is 28.2 Å². The van der Waals surface area contributed by atoms with Crippen LogP contribution in [-0.2, 0) is 4.79 Å². The third-order valence-electron chi connectivity index (χ3n) is 7.64. The van der Waals surface area contributed by atoms with Gasteiger partial charge in [0.15, 0.2) is 11.4 Å². The molecule has 0 unspecified atom stereocenters. The largest absolute Gasteiger partial charge is 0.387 e. The molecule has 4 aromatic rings. The number of hydrogen-bond donors (Lipinski definition) is 3. The van der Waals surface area contributed by atoms with E-state index < -0.39 is 12.4 Å². The third-order valence-corrected chi connectivity index (χ3v) is 7.64. The van der Waals surface area contributed by atoms with Crippen molar-refractivity contribution in [1.82, 2.24) is 29.5 Å². The molecule has 1 aromatic carbocycles. The standard InChI is InChI=1S/C26H26FN7O3/c1-13(36)22-23(15-8-16-3-4-17(9-15)33(16)21(37)12-35)32-26-19(11-31-34(26)24(22)28)14-2-5-18(20(27)10-14)25-29-6-7-30-25/h2,5-7,10-11,15-17,35H,3-4,8-9,12,28H2,1H3,(H,29,30)/t15-,16-,17+. The number of ketones is 1. The van der Waals surface area contributed by atoms with E-state index in [1.54, 1.807) is 35.6 Å². The molecule has 5 heterocycles. The number of aliphatic hydroxyl groups excluding tert-OH is 1. The molecule has 2 fully saturated rings. The third kappa shape index (κ3) is 3.69. The minimum absolute atomic E-state index is 0.0184. The number of Topliss-reactive ketones (excluding diaryl/α,β-unsaturated/α-hetero) is 1. The van der Waals surface area contributed by atoms with Crippen LogP contribution < -0.4 is 5.73 Å². The molecule has 0 saturated carbocycles. The quantitative estimate of drug-likeness (QED) is 0.355. The van der Waals surface area contributed by atoms with Gasteiger partial charge in [-0.05, 0) is 50.3 Å². The number of rotatable bonds is 5. The van der Waals surface area contributed by atoms with Crippen molar-refractivity contribution in [2.45, 2.75) is 50.6 Å². The Labute approximate surface area is 211 Å². The van der Waals surface area contributed by atoms with Gasteiger partial charge >= 0.3 is 0 Å². The van der Waals surface area contributed by atoms with E-state index in [4.69, 9.17) is 10.7 Å². The molecule has 190 valence electrons. The summed E-state index contributed by atoms with van der Waals surface area (Å²) in [6.07, 6.45) is 7.71. The average molecular weight is 504 g/mol. The number of imidazole rings is 1. The highest BCUT2D eigenvalue weighted by Gasteiger charge is 2.44. The Morgan fingerprint density at radius 3 is 2.59 bits per heavy atom. The van der Waals surface area contributed by atoms with Gasteiger partial charge in [-0.1, -0.05) is 6.07 Å². The van der Waals surface area contributed by atoms with Crippen LogP contribution in [0.15, 0.2) is 36.8 Å². The maximum Gasteiger partial charge on any atom is 0.248 e. The van der Waals surface area contributed by atoms with E-state index in [0.29, 0.717) is 52.3 Å². The summed E-state index contributed by atoms with van der Waals surface area (Å²) in [4.78, 5) is 38.8. The minimum atomic E-state index is -0.512. The number of H-pyrrole nitrogens is 1. The molecule has 2 aliphatic heterocycles. The number of carbonyl (C=O) groups is 2. The van der Waals surface area contributed by atoms with E-state index in [2.05, 4.69) is 15.1 Å². The lowest BCUT2D eigenvalue weighted by atomic mass is 9.85. The zero-order valence-corrected chi connectivity index (χ0v) is 20.2. The van der Waals surface area contributed by atoms with E-state index in [1.807, 2.05) is 0 Å². The van der Waals surface area contributed by atoms with Crippen LogP contribution in [0.2, 0.25) is 0 Å². The summed E-state index contributed by atoms with van der Waals surface area (Å²) in [5.74, 6) is -0.397. The predicted molar refractivity (Wildman–Crippen MR) is 133 cm³/mol. The maximum absolute atomic E-state index is 15.0. The molecule has 11 heteroatoms. The van der Waals surface area contributed by atoms with Crippen molar-refractivity contribution in [2.24, 2.45) is 0 Å². The molecule has 3 aromatic heterocycles. The minimum Gasteiger partial charge on any atom is -0.387 e. The number of fused-ring (bicyclic) bond motifs is 3. The summed E-state index contributed by atoms with van der Waals surface area (Å²) in [6, 6.07) is 4.79. The van der Waals surface area contributed by atoms with Crippen LogP contribution in [0, 0.1) is 5.82 Å². The van der Waals surface area contributed by atoms with Crippen LogP contribution in [0.4, 0.5) is 10.2 Å². The number of nitrogens with zero attached hydrogens (tertiary/aromatic N) is 5. The summed E-state index contributed by atoms with van der Waals surface area (Å²) in [5, 5.41) is 13.8. The number of piperidine rings is 1. The highest BCUT2D eigenvalue weighted by molar-refractivity contribution is 6.00. The molecule has 10 nitrogen and oxygen atoms in total. The number of aliphatic hydroxyl groups is 1. The first kappa shape index (κ1) is 23.3. The molecule has 2 aliphatic rings. The van der Waals surface area contributed by atoms with E-state index in [0.717, 1.165) is 12.8 Å². The Bertz CT molecular complexity index is 1520. The zero-order valence-electron chi connectivity index (χ0n) is 20.2. The van der Waals surface area contributed by atoms with Crippen molar-refractivity contribution in [2.75, 3.05) is 12.3 Å². The van der Waals surface area contributed by atoms with Gasteiger partial charge in [0.05, 0.1) is 23.0 Å². The van der Waals surface area contributed by atoms with Crippen molar-refractivity contribution in [3.63, 3.8) is 0 Å². The van der Waals surface area contributed by atoms with Crippen LogP contribution in [0.3, 0.4) is 0 Å². The second-order valence-electron chi connectivity index (χ2n) is 9.75. The van der Waals surface area contributed by atoms with Gasteiger partial charge < -0.3 is 20.7 Å². The van der Waals surface area contributed by atoms with Gasteiger partial charge in [-0.15, -0.1) is 0 Å². The molecule has 0 aliphatic carbocycles. The van der Waals surface area contributed by atoms with E-state index in [1.165, 1.54) is 17.5 Å². The number of nitrogens with one attached hydrogen (secondary N) is 1.